The molecular weight excluding hydrogens is 240 g/mol. The van der Waals surface area contributed by atoms with Crippen LogP contribution < -0.4 is 5.32 Å². The summed E-state index contributed by atoms with van der Waals surface area (Å²) in [6.45, 7) is 6.46. The molecule has 0 aromatic carbocycles. The van der Waals surface area contributed by atoms with Crippen LogP contribution in [0.25, 0.3) is 0 Å². The zero-order chi connectivity index (χ0) is 13.7. The molecule has 1 saturated heterocycles. The van der Waals surface area contributed by atoms with Crippen LogP contribution in [0.1, 0.15) is 23.7 Å². The quantitative estimate of drug-likeness (QED) is 0.888. The van der Waals surface area contributed by atoms with Crippen LogP contribution in [0.4, 0.5) is 5.82 Å². The van der Waals surface area contributed by atoms with Crippen molar-refractivity contribution in [3.63, 3.8) is 0 Å². The van der Waals surface area contributed by atoms with Crippen LogP contribution in [0.2, 0.25) is 0 Å². The number of anilines is 1. The second-order valence-corrected chi connectivity index (χ2v) is 4.95. The predicted molar refractivity (Wildman–Crippen MR) is 76.4 cm³/mol. The van der Waals surface area contributed by atoms with Gasteiger partial charge in [0.25, 0.3) is 5.91 Å². The number of aromatic nitrogens is 1. The Bertz CT molecular complexity index is 427. The van der Waals surface area contributed by atoms with E-state index in [1.807, 2.05) is 11.0 Å². The molecule has 1 N–H and O–H groups in total. The number of rotatable bonds is 4. The smallest absolute Gasteiger partial charge is 0.254 e. The lowest BCUT2D eigenvalue weighted by Crippen LogP contribution is -2.47. The lowest BCUT2D eigenvalue weighted by atomic mass is 10.2. The minimum absolute atomic E-state index is 0.107. The Balaban J connectivity index is 2.02. The molecule has 19 heavy (non-hydrogen) atoms. The van der Waals surface area contributed by atoms with E-state index in [0.717, 1.165) is 50.5 Å². The van der Waals surface area contributed by atoms with E-state index < -0.39 is 0 Å². The molecule has 0 unspecified atom stereocenters. The molecule has 1 aromatic heterocycles. The van der Waals surface area contributed by atoms with Crippen molar-refractivity contribution in [2.24, 2.45) is 0 Å². The molecule has 0 atom stereocenters. The number of carbonyl (C=O) groups excluding carboxylic acids is 1. The first-order chi connectivity index (χ1) is 9.20. The highest BCUT2D eigenvalue weighted by Gasteiger charge is 2.20. The van der Waals surface area contributed by atoms with Crippen molar-refractivity contribution in [3.05, 3.63) is 23.9 Å². The number of hydrogen-bond acceptors (Lipinski definition) is 4. The molecule has 1 fully saturated rings. The van der Waals surface area contributed by atoms with Crippen molar-refractivity contribution in [3.8, 4) is 0 Å². The minimum Gasteiger partial charge on any atom is -0.370 e. The van der Waals surface area contributed by atoms with Crippen molar-refractivity contribution in [1.82, 2.24) is 14.8 Å². The van der Waals surface area contributed by atoms with Gasteiger partial charge in [-0.2, -0.15) is 0 Å². The van der Waals surface area contributed by atoms with Crippen LogP contribution in [0.3, 0.4) is 0 Å². The first-order valence-electron chi connectivity index (χ1n) is 6.88. The fourth-order valence-electron chi connectivity index (χ4n) is 2.11. The highest BCUT2D eigenvalue weighted by atomic mass is 16.2. The van der Waals surface area contributed by atoms with Crippen LogP contribution in [0.15, 0.2) is 18.3 Å². The molecule has 5 heteroatoms. The Hall–Kier alpha value is -1.62. The number of likely N-dealkylation sites (N-methyl/N-ethyl adjacent to an activating group) is 1. The van der Waals surface area contributed by atoms with E-state index in [2.05, 4.69) is 29.2 Å². The summed E-state index contributed by atoms with van der Waals surface area (Å²) in [6.07, 6.45) is 2.74. The minimum atomic E-state index is 0.107. The number of nitrogens with zero attached hydrogens (tertiary/aromatic N) is 3. The van der Waals surface area contributed by atoms with Gasteiger partial charge < -0.3 is 15.1 Å². The largest absolute Gasteiger partial charge is 0.370 e. The molecule has 1 aliphatic rings. The second-order valence-electron chi connectivity index (χ2n) is 4.95. The van der Waals surface area contributed by atoms with Crippen LogP contribution in [0.5, 0.6) is 0 Å². The lowest BCUT2D eigenvalue weighted by molar-refractivity contribution is 0.0664. The molecule has 104 valence electrons. The maximum atomic E-state index is 12.4. The average molecular weight is 262 g/mol. The molecular formula is C14H22N4O. The topological polar surface area (TPSA) is 48.5 Å². The summed E-state index contributed by atoms with van der Waals surface area (Å²) in [7, 11) is 2.08. The summed E-state index contributed by atoms with van der Waals surface area (Å²) in [5, 5.41) is 3.21. The lowest BCUT2D eigenvalue weighted by Gasteiger charge is -2.32. The maximum absolute atomic E-state index is 12.4. The molecule has 1 aromatic rings. The van der Waals surface area contributed by atoms with Crippen LogP contribution in [-0.4, -0.2) is 60.5 Å². The summed E-state index contributed by atoms with van der Waals surface area (Å²) in [6, 6.07) is 3.63. The molecule has 0 saturated carbocycles. The molecule has 2 rings (SSSR count). The molecule has 0 radical (unpaired) electrons. The van der Waals surface area contributed by atoms with Gasteiger partial charge in [-0.1, -0.05) is 6.92 Å². The van der Waals surface area contributed by atoms with E-state index in [1.54, 1.807) is 12.3 Å². The van der Waals surface area contributed by atoms with E-state index in [9.17, 15) is 4.79 Å². The summed E-state index contributed by atoms with van der Waals surface area (Å²) < 4.78 is 0. The number of nitrogens with one attached hydrogen (secondary N) is 1. The van der Waals surface area contributed by atoms with Gasteiger partial charge in [0.2, 0.25) is 0 Å². The van der Waals surface area contributed by atoms with Crippen LogP contribution in [-0.2, 0) is 0 Å². The highest BCUT2D eigenvalue weighted by molar-refractivity contribution is 5.94. The van der Waals surface area contributed by atoms with E-state index in [0.29, 0.717) is 0 Å². The fraction of sp³-hybridized carbons (Fsp3) is 0.571. The summed E-state index contributed by atoms with van der Waals surface area (Å²) >= 11 is 0. The van der Waals surface area contributed by atoms with Gasteiger partial charge in [-0.3, -0.25) is 4.79 Å². The van der Waals surface area contributed by atoms with Crippen LogP contribution in [0, 0.1) is 0 Å². The van der Waals surface area contributed by atoms with E-state index in [1.165, 1.54) is 0 Å². The monoisotopic (exact) mass is 262 g/mol. The molecule has 2 heterocycles. The molecule has 0 bridgehead atoms. The van der Waals surface area contributed by atoms with Gasteiger partial charge in [-0.25, -0.2) is 4.98 Å². The third-order valence-electron chi connectivity index (χ3n) is 3.35. The summed E-state index contributed by atoms with van der Waals surface area (Å²) in [4.78, 5) is 20.8. The number of amides is 1. The first-order valence-corrected chi connectivity index (χ1v) is 6.88. The number of carbonyl (C=O) groups is 1. The SMILES string of the molecule is CCCNc1cc(C(=O)N2CCN(C)CC2)ccn1. The Morgan fingerprint density at radius 1 is 1.37 bits per heavy atom. The third-order valence-corrected chi connectivity index (χ3v) is 3.35. The van der Waals surface area contributed by atoms with Gasteiger partial charge in [-0.05, 0) is 25.6 Å². The average Bonchev–Trinajstić information content (AvgIpc) is 2.45. The molecule has 5 nitrogen and oxygen atoms in total. The predicted octanol–water partition coefficient (Wildman–Crippen LogP) is 1.29. The molecule has 0 spiro atoms. The van der Waals surface area contributed by atoms with Crippen molar-refractivity contribution in [2.75, 3.05) is 45.1 Å². The van der Waals surface area contributed by atoms with Gasteiger partial charge in [0, 0.05) is 44.5 Å². The standard InChI is InChI=1S/C14H22N4O/c1-3-5-15-13-11-12(4-6-16-13)14(19)18-9-7-17(2)8-10-18/h4,6,11H,3,5,7-10H2,1-2H3,(H,15,16). The Labute approximate surface area is 114 Å². The molecule has 1 aliphatic heterocycles. The summed E-state index contributed by atoms with van der Waals surface area (Å²) in [5.41, 5.74) is 0.721. The van der Waals surface area contributed by atoms with Gasteiger partial charge >= 0.3 is 0 Å². The van der Waals surface area contributed by atoms with Gasteiger partial charge in [0.1, 0.15) is 5.82 Å². The highest BCUT2D eigenvalue weighted by Crippen LogP contribution is 2.11. The van der Waals surface area contributed by atoms with E-state index >= 15 is 0 Å². The zero-order valence-corrected chi connectivity index (χ0v) is 11.7. The molecule has 1 amide bonds. The van der Waals surface area contributed by atoms with E-state index in [-0.39, 0.29) is 5.91 Å². The normalized spacial score (nSPS) is 16.4. The Morgan fingerprint density at radius 2 is 2.11 bits per heavy atom. The van der Waals surface area contributed by atoms with Gasteiger partial charge in [0.15, 0.2) is 0 Å². The number of piperazine rings is 1. The van der Waals surface area contributed by atoms with Crippen molar-refractivity contribution >= 4 is 11.7 Å². The van der Waals surface area contributed by atoms with Gasteiger partial charge in [0.05, 0.1) is 0 Å². The van der Waals surface area contributed by atoms with Crippen molar-refractivity contribution < 1.29 is 4.79 Å². The van der Waals surface area contributed by atoms with Gasteiger partial charge in [-0.15, -0.1) is 0 Å². The van der Waals surface area contributed by atoms with Crippen LogP contribution >= 0.6 is 0 Å². The summed E-state index contributed by atoms with van der Waals surface area (Å²) in [5.74, 6) is 0.886. The number of hydrogen-bond donors (Lipinski definition) is 1. The second kappa shape index (κ2) is 6.52. The third kappa shape index (κ3) is 3.67. The zero-order valence-electron chi connectivity index (χ0n) is 11.7. The fourth-order valence-corrected chi connectivity index (χ4v) is 2.11. The number of pyridine rings is 1. The first kappa shape index (κ1) is 13.8. The Morgan fingerprint density at radius 3 is 2.79 bits per heavy atom. The Kier molecular flexibility index (Phi) is 4.74. The maximum Gasteiger partial charge on any atom is 0.254 e. The van der Waals surface area contributed by atoms with Crippen molar-refractivity contribution in [1.29, 1.82) is 0 Å². The molecule has 0 aliphatic carbocycles. The van der Waals surface area contributed by atoms with E-state index in [4.69, 9.17) is 0 Å². The van der Waals surface area contributed by atoms with Crippen molar-refractivity contribution in [2.45, 2.75) is 13.3 Å².